The zero-order valence-electron chi connectivity index (χ0n) is 21.9. The number of benzene rings is 4. The fourth-order valence-corrected chi connectivity index (χ4v) is 5.65. The summed E-state index contributed by atoms with van der Waals surface area (Å²) in [6, 6.07) is 25.3. The molecule has 5 rings (SSSR count). The average Bonchev–Trinajstić information content (AvgIpc) is 3.39. The molecular formula is C31H23Br2N3O5. The van der Waals surface area contributed by atoms with E-state index in [1.807, 2.05) is 48.5 Å². The van der Waals surface area contributed by atoms with Gasteiger partial charge in [0.25, 0.3) is 5.91 Å². The summed E-state index contributed by atoms with van der Waals surface area (Å²) in [5, 5.41) is 5.03. The van der Waals surface area contributed by atoms with Gasteiger partial charge < -0.3 is 19.2 Å². The van der Waals surface area contributed by atoms with Gasteiger partial charge in [-0.3, -0.25) is 4.79 Å². The number of ether oxygens (including phenoxy) is 3. The third-order valence-corrected chi connectivity index (χ3v) is 7.28. The van der Waals surface area contributed by atoms with Crippen molar-refractivity contribution in [1.82, 2.24) is 10.4 Å². The molecule has 8 nitrogen and oxygen atoms in total. The maximum absolute atomic E-state index is 13.4. The maximum Gasteiger partial charge on any atom is 0.343 e. The van der Waals surface area contributed by atoms with Crippen LogP contribution in [0.4, 0.5) is 0 Å². The summed E-state index contributed by atoms with van der Waals surface area (Å²) in [6.45, 7) is 0. The molecule has 0 aliphatic heterocycles. The van der Waals surface area contributed by atoms with E-state index in [9.17, 15) is 9.59 Å². The van der Waals surface area contributed by atoms with Gasteiger partial charge in [-0.1, -0.05) is 58.4 Å². The van der Waals surface area contributed by atoms with Crippen LogP contribution in [0.3, 0.4) is 0 Å². The topological polar surface area (TPSA) is 102 Å². The van der Waals surface area contributed by atoms with Crippen molar-refractivity contribution in [2.45, 2.75) is 0 Å². The van der Waals surface area contributed by atoms with E-state index in [4.69, 9.17) is 14.2 Å². The van der Waals surface area contributed by atoms with Gasteiger partial charge in [0.1, 0.15) is 17.2 Å². The predicted molar refractivity (Wildman–Crippen MR) is 165 cm³/mol. The van der Waals surface area contributed by atoms with Crippen molar-refractivity contribution >= 4 is 60.9 Å². The van der Waals surface area contributed by atoms with Crippen molar-refractivity contribution < 1.29 is 23.8 Å². The smallest absolute Gasteiger partial charge is 0.343 e. The second-order valence-corrected chi connectivity index (χ2v) is 10.5. The number of carbonyl (C=O) groups excluding carboxylic acids is 2. The zero-order valence-corrected chi connectivity index (χ0v) is 25.1. The summed E-state index contributed by atoms with van der Waals surface area (Å²) >= 11 is 6.90. The lowest BCUT2D eigenvalue weighted by Gasteiger charge is -2.11. The zero-order chi connectivity index (χ0) is 28.9. The molecule has 0 saturated heterocycles. The molecule has 2 N–H and O–H groups in total. The number of methoxy groups -OCH3 is 2. The molecule has 5 aromatic rings. The largest absolute Gasteiger partial charge is 0.497 e. The van der Waals surface area contributed by atoms with Crippen LogP contribution in [0.2, 0.25) is 0 Å². The number of H-pyrrole nitrogens is 1. The summed E-state index contributed by atoms with van der Waals surface area (Å²) in [6.07, 6.45) is 1.41. The highest BCUT2D eigenvalue weighted by molar-refractivity contribution is 9.11. The van der Waals surface area contributed by atoms with Gasteiger partial charge in [0.15, 0.2) is 5.75 Å². The van der Waals surface area contributed by atoms with Crippen LogP contribution in [0.25, 0.3) is 22.0 Å². The second kappa shape index (κ2) is 12.4. The number of esters is 1. The van der Waals surface area contributed by atoms with Crippen LogP contribution in [0.5, 0.6) is 17.2 Å². The van der Waals surface area contributed by atoms with Crippen molar-refractivity contribution in [1.29, 1.82) is 0 Å². The lowest BCUT2D eigenvalue weighted by molar-refractivity contribution is 0.0732. The van der Waals surface area contributed by atoms with E-state index in [0.29, 0.717) is 38.3 Å². The van der Waals surface area contributed by atoms with Crippen LogP contribution in [-0.2, 0) is 0 Å². The molecule has 0 spiro atoms. The van der Waals surface area contributed by atoms with Crippen LogP contribution < -0.4 is 19.6 Å². The van der Waals surface area contributed by atoms with Gasteiger partial charge >= 0.3 is 5.97 Å². The van der Waals surface area contributed by atoms with Gasteiger partial charge in [-0.15, -0.1) is 0 Å². The van der Waals surface area contributed by atoms with Crippen LogP contribution in [0.15, 0.2) is 99.0 Å². The highest BCUT2D eigenvalue weighted by Crippen LogP contribution is 2.37. The third kappa shape index (κ3) is 6.03. The van der Waals surface area contributed by atoms with Crippen LogP contribution >= 0.6 is 31.9 Å². The van der Waals surface area contributed by atoms with Crippen LogP contribution in [0.1, 0.15) is 26.4 Å². The Bertz CT molecular complexity index is 1770. The Kier molecular flexibility index (Phi) is 8.51. The number of nitrogens with zero attached hydrogens (tertiary/aromatic N) is 1. The van der Waals surface area contributed by atoms with Crippen molar-refractivity contribution in [2.75, 3.05) is 14.2 Å². The standard InChI is InChI=1S/C31H23Br2N3O5/c1-39-22-13-11-19(12-14-22)31(38)41-29-20(15-21(32)16-24(29)33)17-34-36-30(37)28-26(18-7-4-3-5-8-18)23-9-6-10-25(40-2)27(23)35-28/h3-17,35H,1-2H3,(H,36,37). The molecule has 0 fully saturated rings. The molecule has 0 atom stereocenters. The number of carbonyl (C=O) groups is 2. The summed E-state index contributed by atoms with van der Waals surface area (Å²) in [7, 11) is 3.13. The predicted octanol–water partition coefficient (Wildman–Crippen LogP) is 7.36. The van der Waals surface area contributed by atoms with Gasteiger partial charge in [0.2, 0.25) is 0 Å². The number of amides is 1. The Balaban J connectivity index is 1.44. The summed E-state index contributed by atoms with van der Waals surface area (Å²) in [4.78, 5) is 29.5. The second-order valence-electron chi connectivity index (χ2n) is 8.75. The first-order valence-electron chi connectivity index (χ1n) is 12.3. The molecule has 0 bridgehead atoms. The van der Waals surface area contributed by atoms with E-state index in [1.54, 1.807) is 50.6 Å². The number of fused-ring (bicyclic) bond motifs is 1. The number of hydrogen-bond donors (Lipinski definition) is 2. The lowest BCUT2D eigenvalue weighted by Crippen LogP contribution is -2.19. The Morgan fingerprint density at radius 2 is 1.66 bits per heavy atom. The Hall–Kier alpha value is -4.41. The molecule has 10 heteroatoms. The van der Waals surface area contributed by atoms with Crippen LogP contribution in [-0.4, -0.2) is 37.3 Å². The van der Waals surface area contributed by atoms with Gasteiger partial charge in [-0.25, -0.2) is 10.2 Å². The number of rotatable bonds is 8. The number of hydrazone groups is 1. The summed E-state index contributed by atoms with van der Waals surface area (Å²) in [5.41, 5.74) is 6.02. The molecular weight excluding hydrogens is 654 g/mol. The van der Waals surface area contributed by atoms with E-state index < -0.39 is 11.9 Å². The first-order chi connectivity index (χ1) is 19.9. The molecule has 0 unspecified atom stereocenters. The molecule has 206 valence electrons. The fraction of sp³-hybridized carbons (Fsp3) is 0.0645. The number of halogens is 2. The molecule has 1 aromatic heterocycles. The minimum Gasteiger partial charge on any atom is -0.497 e. The van der Waals surface area contributed by atoms with E-state index in [1.165, 1.54) is 6.21 Å². The molecule has 41 heavy (non-hydrogen) atoms. The maximum atomic E-state index is 13.4. The Morgan fingerprint density at radius 3 is 2.37 bits per heavy atom. The molecule has 4 aromatic carbocycles. The molecule has 0 aliphatic carbocycles. The number of hydrogen-bond acceptors (Lipinski definition) is 6. The molecule has 1 amide bonds. The highest BCUT2D eigenvalue weighted by atomic mass is 79.9. The first kappa shape index (κ1) is 28.1. The average molecular weight is 677 g/mol. The minimum absolute atomic E-state index is 0.243. The monoisotopic (exact) mass is 675 g/mol. The molecule has 1 heterocycles. The summed E-state index contributed by atoms with van der Waals surface area (Å²) in [5.74, 6) is 0.466. The minimum atomic E-state index is -0.561. The Labute approximate surface area is 252 Å². The SMILES string of the molecule is COc1ccc(C(=O)Oc2c(Br)cc(Br)cc2C=NNC(=O)c2[nH]c3c(OC)cccc3c2-c2ccccc2)cc1. The molecule has 0 aliphatic rings. The van der Waals surface area contributed by atoms with Crippen molar-refractivity contribution in [2.24, 2.45) is 5.10 Å². The van der Waals surface area contributed by atoms with Crippen molar-refractivity contribution in [3.63, 3.8) is 0 Å². The van der Waals surface area contributed by atoms with Gasteiger partial charge in [0.05, 0.1) is 36.0 Å². The lowest BCUT2D eigenvalue weighted by atomic mass is 10.0. The van der Waals surface area contributed by atoms with Crippen LogP contribution in [0, 0.1) is 0 Å². The van der Waals surface area contributed by atoms with Gasteiger partial charge in [0, 0.05) is 21.0 Å². The number of nitrogens with one attached hydrogen (secondary N) is 2. The fourth-order valence-electron chi connectivity index (χ4n) is 4.31. The normalized spacial score (nSPS) is 11.0. The number of aromatic amines is 1. The van der Waals surface area contributed by atoms with E-state index >= 15 is 0 Å². The van der Waals surface area contributed by atoms with E-state index in [2.05, 4.69) is 47.4 Å². The number of aromatic nitrogens is 1. The molecule has 0 saturated carbocycles. The first-order valence-corrected chi connectivity index (χ1v) is 13.9. The Morgan fingerprint density at radius 1 is 0.902 bits per heavy atom. The van der Waals surface area contributed by atoms with E-state index in [0.717, 1.165) is 21.0 Å². The summed E-state index contributed by atoms with van der Waals surface area (Å²) < 4.78 is 17.6. The van der Waals surface area contributed by atoms with Gasteiger partial charge in [-0.2, -0.15) is 5.10 Å². The quantitative estimate of drug-likeness (QED) is 0.0774. The highest BCUT2D eigenvalue weighted by Gasteiger charge is 2.21. The van der Waals surface area contributed by atoms with Gasteiger partial charge in [-0.05, 0) is 64.0 Å². The van der Waals surface area contributed by atoms with Crippen molar-refractivity contribution in [3.8, 4) is 28.4 Å². The third-order valence-electron chi connectivity index (χ3n) is 6.23. The van der Waals surface area contributed by atoms with Crippen molar-refractivity contribution in [3.05, 3.63) is 111 Å². The number of para-hydroxylation sites is 1. The van der Waals surface area contributed by atoms with E-state index in [-0.39, 0.29) is 5.75 Å². The molecule has 0 radical (unpaired) electrons.